The van der Waals surface area contributed by atoms with E-state index in [2.05, 4.69) is 39.6 Å². The van der Waals surface area contributed by atoms with Crippen molar-refractivity contribution >= 4 is 45.7 Å². The number of thiazole rings is 1. The Morgan fingerprint density at radius 3 is 2.65 bits per heavy atom. The number of aryl methyl sites for hydroxylation is 1. The average Bonchev–Trinajstić information content (AvgIpc) is 2.99. The molecule has 122 valence electrons. The van der Waals surface area contributed by atoms with Gasteiger partial charge in [-0.1, -0.05) is 29.0 Å². The van der Waals surface area contributed by atoms with Crippen molar-refractivity contribution in [2.75, 3.05) is 23.3 Å². The summed E-state index contributed by atoms with van der Waals surface area (Å²) in [5.74, 6) is 0. The maximum Gasteiger partial charge on any atom is 0.191 e. The Bertz CT molecular complexity index is 659. The summed E-state index contributed by atoms with van der Waals surface area (Å²) in [7, 11) is 0. The topological polar surface area (TPSA) is 52.6 Å². The molecule has 23 heavy (non-hydrogen) atoms. The summed E-state index contributed by atoms with van der Waals surface area (Å²) < 4.78 is 0. The second-order valence-electron chi connectivity index (χ2n) is 4.91. The highest BCUT2D eigenvalue weighted by molar-refractivity contribution is 7.80. The third-order valence-electron chi connectivity index (χ3n) is 3.21. The molecule has 0 aliphatic carbocycles. The van der Waals surface area contributed by atoms with Crippen molar-refractivity contribution in [1.29, 1.82) is 0 Å². The largest absolute Gasteiger partial charge is 0.349 e. The van der Waals surface area contributed by atoms with E-state index in [-0.39, 0.29) is 0 Å². The van der Waals surface area contributed by atoms with Crippen molar-refractivity contribution in [3.63, 3.8) is 0 Å². The summed E-state index contributed by atoms with van der Waals surface area (Å²) in [4.78, 5) is 7.60. The summed E-state index contributed by atoms with van der Waals surface area (Å²) in [6.45, 7) is 8.18. The smallest absolute Gasteiger partial charge is 0.191 e. The number of hydrogen-bond acceptors (Lipinski definition) is 5. The number of benzene rings is 1. The molecular weight excluding hydrogens is 326 g/mol. The van der Waals surface area contributed by atoms with Crippen LogP contribution in [0.4, 0.5) is 10.8 Å². The highest BCUT2D eigenvalue weighted by Gasteiger charge is 2.06. The lowest BCUT2D eigenvalue weighted by Gasteiger charge is -2.16. The fourth-order valence-corrected chi connectivity index (χ4v) is 3.01. The number of hydrazone groups is 1. The molecule has 1 heterocycles. The minimum Gasteiger partial charge on any atom is -0.349 e. The molecule has 0 radical (unpaired) electrons. The highest BCUT2D eigenvalue weighted by Crippen LogP contribution is 2.20. The molecule has 2 rings (SSSR count). The molecule has 2 aromatic rings. The van der Waals surface area contributed by atoms with E-state index in [9.17, 15) is 0 Å². The van der Waals surface area contributed by atoms with E-state index in [0.29, 0.717) is 5.11 Å². The van der Waals surface area contributed by atoms with Crippen LogP contribution in [0.2, 0.25) is 0 Å². The predicted molar refractivity (Wildman–Crippen MR) is 104 cm³/mol. The van der Waals surface area contributed by atoms with Crippen LogP contribution in [0.1, 0.15) is 24.3 Å². The Labute approximate surface area is 146 Å². The summed E-state index contributed by atoms with van der Waals surface area (Å²) in [6, 6.07) is 8.01. The third kappa shape index (κ3) is 5.30. The number of hydrogen-bond donors (Lipinski definition) is 2. The van der Waals surface area contributed by atoms with Gasteiger partial charge in [0, 0.05) is 25.0 Å². The van der Waals surface area contributed by atoms with Crippen molar-refractivity contribution in [3.8, 4) is 0 Å². The van der Waals surface area contributed by atoms with Crippen LogP contribution in [-0.4, -0.2) is 29.4 Å². The van der Waals surface area contributed by atoms with Crippen molar-refractivity contribution < 1.29 is 0 Å². The summed E-state index contributed by atoms with van der Waals surface area (Å²) in [5, 5.41) is 8.70. The van der Waals surface area contributed by atoms with Crippen molar-refractivity contribution in [3.05, 3.63) is 40.9 Å². The van der Waals surface area contributed by atoms with Crippen LogP contribution in [0, 0.1) is 6.92 Å². The molecule has 0 unspecified atom stereocenters. The first kappa shape index (κ1) is 17.4. The van der Waals surface area contributed by atoms with E-state index in [1.165, 1.54) is 5.56 Å². The molecule has 7 heteroatoms. The molecule has 0 spiro atoms. The van der Waals surface area contributed by atoms with Gasteiger partial charge in [-0.25, -0.2) is 4.98 Å². The maximum atomic E-state index is 5.21. The van der Waals surface area contributed by atoms with Crippen LogP contribution in [0.25, 0.3) is 0 Å². The van der Waals surface area contributed by atoms with Crippen LogP contribution in [-0.2, 0) is 0 Å². The van der Waals surface area contributed by atoms with E-state index in [1.54, 1.807) is 17.6 Å². The van der Waals surface area contributed by atoms with E-state index < -0.39 is 0 Å². The Kier molecular flexibility index (Phi) is 6.49. The Balaban J connectivity index is 1.86. The van der Waals surface area contributed by atoms with Gasteiger partial charge in [-0.05, 0) is 45.1 Å². The van der Waals surface area contributed by atoms with E-state index >= 15 is 0 Å². The van der Waals surface area contributed by atoms with Gasteiger partial charge in [0.1, 0.15) is 0 Å². The first-order valence-electron chi connectivity index (χ1n) is 7.49. The Morgan fingerprint density at radius 2 is 2.00 bits per heavy atom. The standard InChI is InChI=1S/C16H21N5S2/c1-4-21(5-2)16-17-10-14(23-16)11-18-20-15(22)19-13-8-6-12(3)7-9-13/h6-11H,4-5H2,1-3H3,(H2,19,20,22)/b18-11-. The Hall–Kier alpha value is -1.99. The SMILES string of the molecule is CCN(CC)c1ncc(/C=N\NC(=S)Nc2ccc(C)cc2)s1. The minimum absolute atomic E-state index is 0.457. The zero-order valence-corrected chi connectivity index (χ0v) is 15.2. The number of anilines is 2. The minimum atomic E-state index is 0.457. The molecule has 1 aromatic heterocycles. The van der Waals surface area contributed by atoms with Gasteiger partial charge in [0.05, 0.1) is 11.1 Å². The van der Waals surface area contributed by atoms with E-state index in [4.69, 9.17) is 12.2 Å². The zero-order chi connectivity index (χ0) is 16.7. The van der Waals surface area contributed by atoms with Gasteiger partial charge in [0.15, 0.2) is 10.2 Å². The van der Waals surface area contributed by atoms with Gasteiger partial charge < -0.3 is 10.2 Å². The zero-order valence-electron chi connectivity index (χ0n) is 13.5. The predicted octanol–water partition coefficient (Wildman–Crippen LogP) is 3.62. The van der Waals surface area contributed by atoms with Gasteiger partial charge in [0.25, 0.3) is 0 Å². The number of thiocarbonyl (C=S) groups is 1. The molecule has 0 amide bonds. The second kappa shape index (κ2) is 8.59. The van der Waals surface area contributed by atoms with Gasteiger partial charge in [0.2, 0.25) is 0 Å². The molecule has 0 saturated carbocycles. The molecule has 0 atom stereocenters. The molecule has 0 bridgehead atoms. The molecule has 0 aliphatic heterocycles. The van der Waals surface area contributed by atoms with Crippen molar-refractivity contribution in [2.45, 2.75) is 20.8 Å². The molecular formula is C16H21N5S2. The van der Waals surface area contributed by atoms with Crippen LogP contribution >= 0.6 is 23.6 Å². The lowest BCUT2D eigenvalue weighted by molar-refractivity contribution is 0.860. The lowest BCUT2D eigenvalue weighted by Crippen LogP contribution is -2.23. The van der Waals surface area contributed by atoms with Crippen molar-refractivity contribution in [2.24, 2.45) is 5.10 Å². The Morgan fingerprint density at radius 1 is 1.30 bits per heavy atom. The molecule has 2 N–H and O–H groups in total. The van der Waals surface area contributed by atoms with Gasteiger partial charge >= 0.3 is 0 Å². The third-order valence-corrected chi connectivity index (χ3v) is 4.40. The molecule has 1 aromatic carbocycles. The van der Waals surface area contributed by atoms with Gasteiger partial charge in [-0.3, -0.25) is 5.43 Å². The molecule has 0 fully saturated rings. The summed E-state index contributed by atoms with van der Waals surface area (Å²) in [5.41, 5.74) is 4.96. The van der Waals surface area contributed by atoms with E-state index in [0.717, 1.165) is 28.8 Å². The number of nitrogens with zero attached hydrogens (tertiary/aromatic N) is 3. The lowest BCUT2D eigenvalue weighted by atomic mass is 10.2. The van der Waals surface area contributed by atoms with E-state index in [1.807, 2.05) is 37.4 Å². The quantitative estimate of drug-likeness (QED) is 0.475. The van der Waals surface area contributed by atoms with Gasteiger partial charge in [-0.2, -0.15) is 5.10 Å². The number of aromatic nitrogens is 1. The summed E-state index contributed by atoms with van der Waals surface area (Å²) in [6.07, 6.45) is 3.55. The van der Waals surface area contributed by atoms with Crippen LogP contribution in [0.3, 0.4) is 0 Å². The maximum absolute atomic E-state index is 5.21. The highest BCUT2D eigenvalue weighted by atomic mass is 32.1. The van der Waals surface area contributed by atoms with Crippen LogP contribution in [0.15, 0.2) is 35.6 Å². The molecule has 5 nitrogen and oxygen atoms in total. The first-order chi connectivity index (χ1) is 11.1. The average molecular weight is 348 g/mol. The van der Waals surface area contributed by atoms with Gasteiger partial charge in [-0.15, -0.1) is 0 Å². The summed E-state index contributed by atoms with van der Waals surface area (Å²) >= 11 is 6.82. The second-order valence-corrected chi connectivity index (χ2v) is 6.36. The number of nitrogens with one attached hydrogen (secondary N) is 2. The monoisotopic (exact) mass is 347 g/mol. The number of rotatable bonds is 6. The van der Waals surface area contributed by atoms with Crippen molar-refractivity contribution in [1.82, 2.24) is 10.4 Å². The molecule has 0 saturated heterocycles. The molecule has 0 aliphatic rings. The first-order valence-corrected chi connectivity index (χ1v) is 8.72. The van der Waals surface area contributed by atoms with Crippen LogP contribution < -0.4 is 15.6 Å². The fourth-order valence-electron chi connectivity index (χ4n) is 1.93. The fraction of sp³-hybridized carbons (Fsp3) is 0.312. The normalized spacial score (nSPS) is 10.7. The van der Waals surface area contributed by atoms with Crippen LogP contribution in [0.5, 0.6) is 0 Å².